The van der Waals surface area contributed by atoms with Crippen LogP contribution in [0.25, 0.3) is 0 Å². The number of carbonyl (C=O) groups is 2. The smallest absolute Gasteiger partial charge is 0.303 e. The van der Waals surface area contributed by atoms with Crippen LogP contribution >= 0.6 is 11.3 Å². The number of nitrogens with one attached hydrogen (secondary N) is 1. The van der Waals surface area contributed by atoms with Crippen molar-refractivity contribution in [2.24, 2.45) is 11.8 Å². The van der Waals surface area contributed by atoms with Gasteiger partial charge in [0.25, 0.3) is 5.91 Å². The summed E-state index contributed by atoms with van der Waals surface area (Å²) in [7, 11) is 0. The molecule has 7 heteroatoms. The topological polar surface area (TPSA) is 105 Å². The highest BCUT2D eigenvalue weighted by Crippen LogP contribution is 2.15. The average Bonchev–Trinajstić information content (AvgIpc) is 2.71. The number of rotatable bonds is 7. The van der Waals surface area contributed by atoms with Crippen LogP contribution in [-0.2, 0) is 4.79 Å². The number of amides is 1. The zero-order valence-electron chi connectivity index (χ0n) is 11.0. The Hall–Kier alpha value is -1.63. The molecule has 4 N–H and O–H groups in total. The number of carboxylic acid groups (broad SMARTS) is 1. The van der Waals surface area contributed by atoms with Crippen LogP contribution in [0, 0.1) is 11.8 Å². The lowest BCUT2D eigenvalue weighted by Crippen LogP contribution is -2.31. The lowest BCUT2D eigenvalue weighted by molar-refractivity contribution is -0.138. The lowest BCUT2D eigenvalue weighted by atomic mass is 9.94. The van der Waals surface area contributed by atoms with E-state index in [9.17, 15) is 9.59 Å². The molecule has 1 rings (SSSR count). The van der Waals surface area contributed by atoms with Gasteiger partial charge in [-0.2, -0.15) is 0 Å². The van der Waals surface area contributed by atoms with Gasteiger partial charge in [0.1, 0.15) is 5.69 Å². The number of hydrogen-bond acceptors (Lipinski definition) is 5. The Balaban J connectivity index is 2.50. The van der Waals surface area contributed by atoms with Crippen molar-refractivity contribution in [1.82, 2.24) is 10.3 Å². The van der Waals surface area contributed by atoms with E-state index in [1.807, 2.05) is 13.8 Å². The molecule has 1 aromatic heterocycles. The average molecular weight is 285 g/mol. The van der Waals surface area contributed by atoms with E-state index in [1.54, 1.807) is 5.38 Å². The maximum Gasteiger partial charge on any atom is 0.303 e. The molecule has 0 aromatic carbocycles. The molecule has 0 unspecified atom stereocenters. The Labute approximate surface area is 116 Å². The molecule has 1 heterocycles. The van der Waals surface area contributed by atoms with Crippen molar-refractivity contribution in [2.75, 3.05) is 12.3 Å². The van der Waals surface area contributed by atoms with E-state index >= 15 is 0 Å². The first-order chi connectivity index (χ1) is 8.88. The molecule has 1 aromatic rings. The van der Waals surface area contributed by atoms with E-state index in [0.717, 1.165) is 6.42 Å². The molecule has 0 radical (unpaired) electrons. The minimum absolute atomic E-state index is 0.0532. The molecule has 19 heavy (non-hydrogen) atoms. The van der Waals surface area contributed by atoms with Crippen molar-refractivity contribution in [2.45, 2.75) is 26.7 Å². The third kappa shape index (κ3) is 5.69. The summed E-state index contributed by atoms with van der Waals surface area (Å²) in [5.74, 6) is -0.849. The molecule has 0 saturated heterocycles. The van der Waals surface area contributed by atoms with E-state index in [1.165, 1.54) is 11.3 Å². The predicted molar refractivity (Wildman–Crippen MR) is 74.1 cm³/mol. The highest BCUT2D eigenvalue weighted by atomic mass is 32.1. The van der Waals surface area contributed by atoms with Crippen molar-refractivity contribution >= 4 is 28.3 Å². The Kier molecular flexibility index (Phi) is 5.75. The third-order valence-corrected chi connectivity index (χ3v) is 3.25. The fraction of sp³-hybridized carbons (Fsp3) is 0.583. The number of aromatic nitrogens is 1. The SMILES string of the molecule is CC(C)C[C@H](CNC(=O)c1csc(N)n1)CC(=O)O. The van der Waals surface area contributed by atoms with Gasteiger partial charge in [-0.15, -0.1) is 11.3 Å². The molecule has 0 aliphatic heterocycles. The van der Waals surface area contributed by atoms with Crippen molar-refractivity contribution in [3.63, 3.8) is 0 Å². The number of carbonyl (C=O) groups excluding carboxylic acids is 1. The Morgan fingerprint density at radius 2 is 2.21 bits per heavy atom. The maximum atomic E-state index is 11.8. The number of hydrogen-bond donors (Lipinski definition) is 3. The van der Waals surface area contributed by atoms with Crippen molar-refractivity contribution in [3.05, 3.63) is 11.1 Å². The number of nitrogen functional groups attached to an aromatic ring is 1. The summed E-state index contributed by atoms with van der Waals surface area (Å²) in [5.41, 5.74) is 5.73. The van der Waals surface area contributed by atoms with Crippen LogP contribution in [0.1, 0.15) is 37.2 Å². The maximum absolute atomic E-state index is 11.8. The molecule has 1 atom stereocenters. The zero-order valence-corrected chi connectivity index (χ0v) is 11.9. The summed E-state index contributed by atoms with van der Waals surface area (Å²) >= 11 is 1.20. The Morgan fingerprint density at radius 3 is 2.68 bits per heavy atom. The second kappa shape index (κ2) is 7.08. The van der Waals surface area contributed by atoms with Gasteiger partial charge in [0.15, 0.2) is 5.13 Å². The van der Waals surface area contributed by atoms with Crippen LogP contribution < -0.4 is 11.1 Å². The summed E-state index contributed by atoms with van der Waals surface area (Å²) in [6, 6.07) is 0. The lowest BCUT2D eigenvalue weighted by Gasteiger charge is -2.17. The second-order valence-corrected chi connectivity index (χ2v) is 5.76. The summed E-state index contributed by atoms with van der Waals surface area (Å²) in [5, 5.41) is 13.5. The highest BCUT2D eigenvalue weighted by Gasteiger charge is 2.17. The van der Waals surface area contributed by atoms with Crippen LogP contribution in [0.3, 0.4) is 0 Å². The summed E-state index contributed by atoms with van der Waals surface area (Å²) in [6.45, 7) is 4.39. The molecule has 0 fully saturated rings. The molecule has 106 valence electrons. The second-order valence-electron chi connectivity index (χ2n) is 4.87. The first-order valence-corrected chi connectivity index (χ1v) is 6.97. The van der Waals surface area contributed by atoms with Gasteiger partial charge >= 0.3 is 5.97 Å². The molecule has 0 bridgehead atoms. The fourth-order valence-corrected chi connectivity index (χ4v) is 2.42. The van der Waals surface area contributed by atoms with Gasteiger partial charge in [-0.05, 0) is 18.3 Å². The molecular weight excluding hydrogens is 266 g/mol. The van der Waals surface area contributed by atoms with Gasteiger partial charge in [-0.1, -0.05) is 13.8 Å². The number of nitrogens with zero attached hydrogens (tertiary/aromatic N) is 1. The van der Waals surface area contributed by atoms with Crippen LogP contribution in [0.15, 0.2) is 5.38 Å². The van der Waals surface area contributed by atoms with Crippen molar-refractivity contribution in [1.29, 1.82) is 0 Å². The van der Waals surface area contributed by atoms with Crippen LogP contribution in [0.5, 0.6) is 0 Å². The van der Waals surface area contributed by atoms with Gasteiger partial charge in [0.2, 0.25) is 0 Å². The molecule has 0 spiro atoms. The van der Waals surface area contributed by atoms with Gasteiger partial charge in [-0.25, -0.2) is 4.98 Å². The van der Waals surface area contributed by atoms with Gasteiger partial charge in [0.05, 0.1) is 0 Å². The first kappa shape index (κ1) is 15.4. The molecular formula is C12H19N3O3S. The molecule has 0 aliphatic rings. The number of aliphatic carboxylic acids is 1. The van der Waals surface area contributed by atoms with E-state index in [2.05, 4.69) is 10.3 Å². The largest absolute Gasteiger partial charge is 0.481 e. The molecule has 0 aliphatic carbocycles. The number of thiazole rings is 1. The Morgan fingerprint density at radius 1 is 1.53 bits per heavy atom. The quantitative estimate of drug-likeness (QED) is 0.705. The van der Waals surface area contributed by atoms with E-state index in [4.69, 9.17) is 10.8 Å². The Bertz CT molecular complexity index is 445. The first-order valence-electron chi connectivity index (χ1n) is 6.09. The van der Waals surface area contributed by atoms with Crippen molar-refractivity contribution in [3.8, 4) is 0 Å². The molecule has 6 nitrogen and oxygen atoms in total. The summed E-state index contributed by atoms with van der Waals surface area (Å²) in [4.78, 5) is 26.4. The van der Waals surface area contributed by atoms with Crippen LogP contribution in [0.2, 0.25) is 0 Å². The minimum atomic E-state index is -0.849. The molecule has 0 saturated carbocycles. The van der Waals surface area contributed by atoms with Crippen LogP contribution in [0.4, 0.5) is 5.13 Å². The van der Waals surface area contributed by atoms with Crippen LogP contribution in [-0.4, -0.2) is 28.5 Å². The van der Waals surface area contributed by atoms with Crippen molar-refractivity contribution < 1.29 is 14.7 Å². The highest BCUT2D eigenvalue weighted by molar-refractivity contribution is 7.13. The van der Waals surface area contributed by atoms with E-state index in [0.29, 0.717) is 17.6 Å². The number of carboxylic acids is 1. The predicted octanol–water partition coefficient (Wildman–Crippen LogP) is 1.59. The summed E-state index contributed by atoms with van der Waals surface area (Å²) < 4.78 is 0. The number of anilines is 1. The fourth-order valence-electron chi connectivity index (χ4n) is 1.87. The number of nitrogens with two attached hydrogens (primary N) is 1. The normalized spacial score (nSPS) is 12.4. The minimum Gasteiger partial charge on any atom is -0.481 e. The standard InChI is InChI=1S/C12H19N3O3S/c1-7(2)3-8(4-10(16)17)5-14-11(18)9-6-19-12(13)15-9/h6-8H,3-5H2,1-2H3,(H2,13,15)(H,14,18)(H,16,17)/t8-/m0/s1. The van der Waals surface area contributed by atoms with E-state index < -0.39 is 5.97 Å². The van der Waals surface area contributed by atoms with E-state index in [-0.39, 0.29) is 23.9 Å². The third-order valence-electron chi connectivity index (χ3n) is 2.57. The van der Waals surface area contributed by atoms with Gasteiger partial charge in [0, 0.05) is 18.3 Å². The zero-order chi connectivity index (χ0) is 14.4. The van der Waals surface area contributed by atoms with Gasteiger partial charge in [-0.3, -0.25) is 9.59 Å². The summed E-state index contributed by atoms with van der Waals surface area (Å²) in [6.07, 6.45) is 0.809. The van der Waals surface area contributed by atoms with Gasteiger partial charge < -0.3 is 16.2 Å². The monoisotopic (exact) mass is 285 g/mol. The molecule has 1 amide bonds.